The molecule has 1 saturated carbocycles. The van der Waals surface area contributed by atoms with Crippen LogP contribution in [0, 0.1) is 11.7 Å². The SMILES string of the molecule is CN(CC1CCCC1O)C(=O)c1cc(F)c(Cl)cc1Cl. The predicted octanol–water partition coefficient (Wildman–Crippen LogP) is 3.37. The fourth-order valence-electron chi connectivity index (χ4n) is 2.56. The Labute approximate surface area is 127 Å². The number of carbonyl (C=O) groups is 1. The van der Waals surface area contributed by atoms with Crippen molar-refractivity contribution in [2.45, 2.75) is 25.4 Å². The molecule has 3 nitrogen and oxygen atoms in total. The summed E-state index contributed by atoms with van der Waals surface area (Å²) in [5, 5.41) is 9.80. The summed E-state index contributed by atoms with van der Waals surface area (Å²) in [6.07, 6.45) is 2.25. The van der Waals surface area contributed by atoms with E-state index in [1.54, 1.807) is 7.05 Å². The Bertz CT molecular complexity index is 524. The maximum Gasteiger partial charge on any atom is 0.255 e. The first-order valence-electron chi connectivity index (χ1n) is 6.48. The molecule has 2 rings (SSSR count). The van der Waals surface area contributed by atoms with Crippen LogP contribution < -0.4 is 0 Å². The molecule has 1 amide bonds. The molecule has 0 saturated heterocycles. The number of halogens is 3. The van der Waals surface area contributed by atoms with Gasteiger partial charge in [-0.2, -0.15) is 0 Å². The van der Waals surface area contributed by atoms with E-state index in [0.717, 1.165) is 25.3 Å². The van der Waals surface area contributed by atoms with Gasteiger partial charge in [-0.1, -0.05) is 29.6 Å². The topological polar surface area (TPSA) is 40.5 Å². The van der Waals surface area contributed by atoms with Crippen molar-refractivity contribution >= 4 is 29.1 Å². The van der Waals surface area contributed by atoms with Crippen LogP contribution in [-0.4, -0.2) is 35.6 Å². The highest BCUT2D eigenvalue weighted by atomic mass is 35.5. The molecule has 20 heavy (non-hydrogen) atoms. The third kappa shape index (κ3) is 3.25. The van der Waals surface area contributed by atoms with Crippen molar-refractivity contribution in [3.05, 3.63) is 33.6 Å². The molecule has 1 aromatic carbocycles. The highest BCUT2D eigenvalue weighted by Gasteiger charge is 2.28. The van der Waals surface area contributed by atoms with Crippen LogP contribution in [0.4, 0.5) is 4.39 Å². The maximum absolute atomic E-state index is 13.4. The molecule has 110 valence electrons. The summed E-state index contributed by atoms with van der Waals surface area (Å²) in [5.41, 5.74) is 0.0866. The van der Waals surface area contributed by atoms with Crippen LogP contribution in [0.2, 0.25) is 10.0 Å². The lowest BCUT2D eigenvalue weighted by Gasteiger charge is -2.23. The van der Waals surface area contributed by atoms with Crippen molar-refractivity contribution in [3.8, 4) is 0 Å². The molecule has 2 atom stereocenters. The average Bonchev–Trinajstić information content (AvgIpc) is 2.78. The van der Waals surface area contributed by atoms with E-state index in [9.17, 15) is 14.3 Å². The first-order chi connectivity index (χ1) is 9.40. The van der Waals surface area contributed by atoms with Gasteiger partial charge < -0.3 is 10.0 Å². The summed E-state index contributed by atoms with van der Waals surface area (Å²) in [7, 11) is 1.62. The highest BCUT2D eigenvalue weighted by molar-refractivity contribution is 6.36. The smallest absolute Gasteiger partial charge is 0.255 e. The van der Waals surface area contributed by atoms with Crippen molar-refractivity contribution in [1.29, 1.82) is 0 Å². The third-order valence-corrected chi connectivity index (χ3v) is 4.32. The lowest BCUT2D eigenvalue weighted by atomic mass is 10.1. The van der Waals surface area contributed by atoms with Crippen molar-refractivity contribution < 1.29 is 14.3 Å². The van der Waals surface area contributed by atoms with E-state index in [2.05, 4.69) is 0 Å². The zero-order valence-corrected chi connectivity index (χ0v) is 12.6. The summed E-state index contributed by atoms with van der Waals surface area (Å²) in [6.45, 7) is 0.431. The Morgan fingerprint density at radius 1 is 1.40 bits per heavy atom. The Morgan fingerprint density at radius 3 is 2.70 bits per heavy atom. The van der Waals surface area contributed by atoms with E-state index in [0.29, 0.717) is 6.54 Å². The molecule has 0 bridgehead atoms. The fourth-order valence-corrected chi connectivity index (χ4v) is 3.02. The number of nitrogens with zero attached hydrogens (tertiary/aromatic N) is 1. The lowest BCUT2D eigenvalue weighted by Crippen LogP contribution is -2.34. The van der Waals surface area contributed by atoms with Crippen LogP contribution >= 0.6 is 23.2 Å². The number of aliphatic hydroxyl groups excluding tert-OH is 1. The Hall–Kier alpha value is -0.840. The van der Waals surface area contributed by atoms with Gasteiger partial charge in [0.2, 0.25) is 0 Å². The first-order valence-corrected chi connectivity index (χ1v) is 7.24. The lowest BCUT2D eigenvalue weighted by molar-refractivity contribution is 0.0693. The van der Waals surface area contributed by atoms with Crippen LogP contribution in [0.25, 0.3) is 0 Å². The molecule has 1 aromatic rings. The summed E-state index contributed by atoms with van der Waals surface area (Å²) in [4.78, 5) is 13.7. The van der Waals surface area contributed by atoms with Crippen molar-refractivity contribution in [1.82, 2.24) is 4.90 Å². The van der Waals surface area contributed by atoms with Crippen LogP contribution in [-0.2, 0) is 0 Å². The molecule has 0 radical (unpaired) electrons. The Morgan fingerprint density at radius 2 is 2.10 bits per heavy atom. The van der Waals surface area contributed by atoms with Gasteiger partial charge in [-0.3, -0.25) is 4.79 Å². The Kier molecular flexibility index (Phi) is 4.89. The number of hydrogen-bond acceptors (Lipinski definition) is 2. The molecule has 0 aromatic heterocycles. The standard InChI is InChI=1S/C14H16Cl2FNO2/c1-18(7-8-3-2-4-13(8)19)14(20)9-5-12(17)11(16)6-10(9)15/h5-6,8,13,19H,2-4,7H2,1H3. The van der Waals surface area contributed by atoms with Crippen molar-refractivity contribution in [2.75, 3.05) is 13.6 Å². The van der Waals surface area contributed by atoms with Gasteiger partial charge in [0.15, 0.2) is 0 Å². The second-order valence-electron chi connectivity index (χ2n) is 5.19. The van der Waals surface area contributed by atoms with Gasteiger partial charge >= 0.3 is 0 Å². The Balaban J connectivity index is 2.12. The number of benzene rings is 1. The summed E-state index contributed by atoms with van der Waals surface area (Å²) >= 11 is 11.5. The number of rotatable bonds is 3. The molecular formula is C14H16Cl2FNO2. The number of hydrogen-bond donors (Lipinski definition) is 1. The van der Waals surface area contributed by atoms with E-state index >= 15 is 0 Å². The van der Waals surface area contributed by atoms with Crippen LogP contribution in [0.1, 0.15) is 29.6 Å². The van der Waals surface area contributed by atoms with E-state index in [4.69, 9.17) is 23.2 Å². The van der Waals surface area contributed by atoms with Crippen LogP contribution in [0.15, 0.2) is 12.1 Å². The largest absolute Gasteiger partial charge is 0.393 e. The van der Waals surface area contributed by atoms with E-state index in [-0.39, 0.29) is 33.5 Å². The van der Waals surface area contributed by atoms with Gasteiger partial charge in [0.25, 0.3) is 5.91 Å². The van der Waals surface area contributed by atoms with E-state index in [1.807, 2.05) is 0 Å². The second kappa shape index (κ2) is 6.29. The van der Waals surface area contributed by atoms with Gasteiger partial charge in [-0.05, 0) is 25.0 Å². The molecule has 0 heterocycles. The number of aliphatic hydroxyl groups is 1. The summed E-state index contributed by atoms with van der Waals surface area (Å²) in [5.74, 6) is -0.974. The maximum atomic E-state index is 13.4. The van der Waals surface area contributed by atoms with Gasteiger partial charge in [0.1, 0.15) is 5.82 Å². The first kappa shape index (κ1) is 15.5. The predicted molar refractivity (Wildman–Crippen MR) is 76.7 cm³/mol. The number of amides is 1. The van der Waals surface area contributed by atoms with Gasteiger partial charge in [0, 0.05) is 19.5 Å². The van der Waals surface area contributed by atoms with Crippen LogP contribution in [0.5, 0.6) is 0 Å². The van der Waals surface area contributed by atoms with E-state index < -0.39 is 5.82 Å². The minimum absolute atomic E-state index is 0.0693. The summed E-state index contributed by atoms with van der Waals surface area (Å²) in [6, 6.07) is 2.28. The molecule has 1 aliphatic carbocycles. The van der Waals surface area contributed by atoms with Crippen molar-refractivity contribution in [2.24, 2.45) is 5.92 Å². The molecular weight excluding hydrogens is 304 g/mol. The molecule has 0 aliphatic heterocycles. The van der Waals surface area contributed by atoms with E-state index in [1.165, 1.54) is 11.0 Å². The minimum atomic E-state index is -0.672. The molecule has 6 heteroatoms. The van der Waals surface area contributed by atoms with Crippen molar-refractivity contribution in [3.63, 3.8) is 0 Å². The molecule has 0 spiro atoms. The third-order valence-electron chi connectivity index (χ3n) is 3.71. The van der Waals surface area contributed by atoms with Gasteiger partial charge in [-0.25, -0.2) is 4.39 Å². The molecule has 1 N–H and O–H groups in total. The quantitative estimate of drug-likeness (QED) is 0.868. The fraction of sp³-hybridized carbons (Fsp3) is 0.500. The highest BCUT2D eigenvalue weighted by Crippen LogP contribution is 2.28. The average molecular weight is 320 g/mol. The molecule has 2 unspecified atom stereocenters. The monoisotopic (exact) mass is 319 g/mol. The minimum Gasteiger partial charge on any atom is -0.393 e. The van der Waals surface area contributed by atoms with Gasteiger partial charge in [0.05, 0.1) is 21.7 Å². The molecule has 1 fully saturated rings. The normalized spacial score (nSPS) is 22.1. The van der Waals surface area contributed by atoms with Gasteiger partial charge in [-0.15, -0.1) is 0 Å². The zero-order chi connectivity index (χ0) is 14.9. The zero-order valence-electron chi connectivity index (χ0n) is 11.1. The number of carbonyl (C=O) groups excluding carboxylic acids is 1. The second-order valence-corrected chi connectivity index (χ2v) is 6.00. The molecule has 1 aliphatic rings. The van der Waals surface area contributed by atoms with Crippen LogP contribution in [0.3, 0.4) is 0 Å². The summed E-state index contributed by atoms with van der Waals surface area (Å²) < 4.78 is 13.4.